The summed E-state index contributed by atoms with van der Waals surface area (Å²) in [4.78, 5) is 0. The molecule has 2 aromatic carbocycles. The Hall–Kier alpha value is -2.16. The van der Waals surface area contributed by atoms with Crippen molar-refractivity contribution in [3.63, 3.8) is 0 Å². The molecule has 2 aromatic rings. The molecule has 0 aliphatic heterocycles. The number of unbranched alkanes of at least 4 members (excludes halogenated alkanes) is 4. The Morgan fingerprint density at radius 2 is 1.35 bits per heavy atom. The third-order valence-corrected chi connectivity index (χ3v) is 3.67. The van der Waals surface area contributed by atoms with E-state index in [1.54, 1.807) is 12.1 Å². The second-order valence-corrected chi connectivity index (χ2v) is 5.67. The van der Waals surface area contributed by atoms with Gasteiger partial charge in [0.05, 0.1) is 6.61 Å². The second kappa shape index (κ2) is 9.78. The fourth-order valence-electron chi connectivity index (χ4n) is 2.28. The Bertz CT molecular complexity index is 546. The molecule has 0 N–H and O–H groups in total. The number of ether oxygens (including phenoxy) is 2. The Labute approximate surface area is 138 Å². The van der Waals surface area contributed by atoms with Gasteiger partial charge in [-0.3, -0.25) is 5.11 Å². The van der Waals surface area contributed by atoms with Crippen molar-refractivity contribution < 1.29 is 14.6 Å². The maximum absolute atomic E-state index is 11.0. The summed E-state index contributed by atoms with van der Waals surface area (Å²) in [5.41, 5.74) is 1.08. The lowest BCUT2D eigenvalue weighted by molar-refractivity contribution is 0.299. The maximum atomic E-state index is 11.0. The molecule has 0 fully saturated rings. The van der Waals surface area contributed by atoms with Gasteiger partial charge < -0.3 is 9.47 Å². The predicted molar refractivity (Wildman–Crippen MR) is 91.6 cm³/mol. The predicted octanol–water partition coefficient (Wildman–Crippen LogP) is 5.76. The quantitative estimate of drug-likeness (QED) is 0.523. The third kappa shape index (κ3) is 6.64. The first-order valence-electron chi connectivity index (χ1n) is 8.39. The highest BCUT2D eigenvalue weighted by Gasteiger charge is 1.99. The molecule has 3 heteroatoms. The van der Waals surface area contributed by atoms with Gasteiger partial charge in [-0.2, -0.15) is 0 Å². The molecule has 23 heavy (non-hydrogen) atoms. The second-order valence-electron chi connectivity index (χ2n) is 5.67. The van der Waals surface area contributed by atoms with Crippen LogP contribution in [0.25, 0.3) is 0 Å². The first-order valence-corrected chi connectivity index (χ1v) is 8.39. The van der Waals surface area contributed by atoms with E-state index in [1.165, 1.54) is 37.8 Å². The highest BCUT2D eigenvalue weighted by molar-refractivity contribution is 5.31. The van der Waals surface area contributed by atoms with E-state index in [0.29, 0.717) is 12.4 Å². The third-order valence-electron chi connectivity index (χ3n) is 3.67. The zero-order chi connectivity index (χ0) is 16.3. The van der Waals surface area contributed by atoms with Crippen LogP contribution in [0.1, 0.15) is 44.6 Å². The van der Waals surface area contributed by atoms with Gasteiger partial charge in [0.25, 0.3) is 0 Å². The van der Waals surface area contributed by atoms with Gasteiger partial charge in [0.2, 0.25) is 0 Å². The van der Waals surface area contributed by atoms with Gasteiger partial charge in [0, 0.05) is 0 Å². The normalized spacial score (nSPS) is 10.5. The molecule has 0 amide bonds. The molecule has 0 bridgehead atoms. The Balaban J connectivity index is 1.68. The first-order chi connectivity index (χ1) is 11.3. The zero-order valence-electron chi connectivity index (χ0n) is 13.8. The molecule has 0 aliphatic rings. The van der Waals surface area contributed by atoms with E-state index in [-0.39, 0.29) is 5.75 Å². The Morgan fingerprint density at radius 3 is 2.04 bits per heavy atom. The molecule has 123 valence electrons. The molecule has 1 radical (unpaired) electrons. The van der Waals surface area contributed by atoms with Crippen LogP contribution in [0.5, 0.6) is 17.2 Å². The van der Waals surface area contributed by atoms with Gasteiger partial charge in [0.1, 0.15) is 18.1 Å². The summed E-state index contributed by atoms with van der Waals surface area (Å²) in [7, 11) is 0. The summed E-state index contributed by atoms with van der Waals surface area (Å²) >= 11 is 0. The largest absolute Gasteiger partial charge is 0.494 e. The average molecular weight is 313 g/mol. The fraction of sp³-hybridized carbons (Fsp3) is 0.400. The van der Waals surface area contributed by atoms with Crippen molar-refractivity contribution in [3.05, 3.63) is 54.1 Å². The SMILES string of the molecule is CCCCCCCOc1ccc(COc2ccc([O])cc2)cc1. The molecular formula is C20H25O3. The standard InChI is InChI=1S/C20H25O3/c1-2-3-4-5-6-15-22-19-11-7-17(8-12-19)16-23-20-13-9-18(21)10-14-20/h7-14H,2-6,15-16H2,1H3. The minimum absolute atomic E-state index is 0.00598. The van der Waals surface area contributed by atoms with Gasteiger partial charge in [-0.25, -0.2) is 0 Å². The molecule has 0 spiro atoms. The highest BCUT2D eigenvalue weighted by atomic mass is 16.5. The van der Waals surface area contributed by atoms with Crippen LogP contribution in [0.2, 0.25) is 0 Å². The lowest BCUT2D eigenvalue weighted by Gasteiger charge is -2.08. The molecule has 0 heterocycles. The van der Waals surface area contributed by atoms with Crippen molar-refractivity contribution in [1.29, 1.82) is 0 Å². The molecule has 2 rings (SSSR count). The maximum Gasteiger partial charge on any atom is 0.178 e. The highest BCUT2D eigenvalue weighted by Crippen LogP contribution is 2.19. The Morgan fingerprint density at radius 1 is 0.739 bits per heavy atom. The first kappa shape index (κ1) is 17.2. The van der Waals surface area contributed by atoms with Gasteiger partial charge >= 0.3 is 0 Å². The van der Waals surface area contributed by atoms with Crippen molar-refractivity contribution in [2.24, 2.45) is 0 Å². The molecule has 0 atom stereocenters. The van der Waals surface area contributed by atoms with E-state index < -0.39 is 0 Å². The van der Waals surface area contributed by atoms with Crippen LogP contribution >= 0.6 is 0 Å². The topological polar surface area (TPSA) is 38.4 Å². The van der Waals surface area contributed by atoms with Crippen molar-refractivity contribution in [2.75, 3.05) is 6.61 Å². The number of hydrogen-bond donors (Lipinski definition) is 0. The van der Waals surface area contributed by atoms with E-state index >= 15 is 0 Å². The van der Waals surface area contributed by atoms with Crippen molar-refractivity contribution in [3.8, 4) is 17.2 Å². The molecule has 0 saturated heterocycles. The molecule has 0 saturated carbocycles. The molecule has 0 unspecified atom stereocenters. The van der Waals surface area contributed by atoms with Gasteiger partial charge in [-0.1, -0.05) is 44.7 Å². The molecule has 0 aromatic heterocycles. The fourth-order valence-corrected chi connectivity index (χ4v) is 2.28. The van der Waals surface area contributed by atoms with Gasteiger partial charge in [-0.15, -0.1) is 0 Å². The van der Waals surface area contributed by atoms with Gasteiger partial charge in [-0.05, 0) is 48.4 Å². The Kier molecular flexibility index (Phi) is 7.31. The van der Waals surface area contributed by atoms with E-state index in [2.05, 4.69) is 6.92 Å². The number of hydrogen-bond acceptors (Lipinski definition) is 2. The van der Waals surface area contributed by atoms with Crippen molar-refractivity contribution in [2.45, 2.75) is 45.6 Å². The summed E-state index contributed by atoms with van der Waals surface area (Å²) in [6.45, 7) is 3.48. The lowest BCUT2D eigenvalue weighted by Crippen LogP contribution is -1.98. The summed E-state index contributed by atoms with van der Waals surface area (Å²) in [5.74, 6) is 1.60. The smallest absolute Gasteiger partial charge is 0.178 e. The van der Waals surface area contributed by atoms with Crippen LogP contribution in [0.4, 0.5) is 0 Å². The monoisotopic (exact) mass is 313 g/mol. The van der Waals surface area contributed by atoms with Crippen LogP contribution < -0.4 is 9.47 Å². The summed E-state index contributed by atoms with van der Waals surface area (Å²) in [6, 6.07) is 14.4. The number of benzene rings is 2. The summed E-state index contributed by atoms with van der Waals surface area (Å²) in [6.07, 6.45) is 6.23. The van der Waals surface area contributed by atoms with Crippen LogP contribution in [0, 0.1) is 0 Å². The van der Waals surface area contributed by atoms with Crippen LogP contribution in [0.15, 0.2) is 48.5 Å². The van der Waals surface area contributed by atoms with Crippen LogP contribution in [0.3, 0.4) is 0 Å². The van der Waals surface area contributed by atoms with Gasteiger partial charge in [0.15, 0.2) is 5.75 Å². The average Bonchev–Trinajstić information content (AvgIpc) is 2.58. The molecule has 3 nitrogen and oxygen atoms in total. The number of rotatable bonds is 10. The van der Waals surface area contributed by atoms with Crippen LogP contribution in [-0.4, -0.2) is 6.61 Å². The van der Waals surface area contributed by atoms with E-state index in [4.69, 9.17) is 9.47 Å². The minimum Gasteiger partial charge on any atom is -0.494 e. The molecular weight excluding hydrogens is 288 g/mol. The summed E-state index contributed by atoms with van der Waals surface area (Å²) in [5, 5.41) is 11.0. The van der Waals surface area contributed by atoms with E-state index in [0.717, 1.165) is 24.3 Å². The van der Waals surface area contributed by atoms with E-state index in [1.807, 2.05) is 24.3 Å². The lowest BCUT2D eigenvalue weighted by atomic mass is 10.2. The molecule has 0 aliphatic carbocycles. The van der Waals surface area contributed by atoms with Crippen molar-refractivity contribution in [1.82, 2.24) is 0 Å². The minimum atomic E-state index is -0.00598. The zero-order valence-corrected chi connectivity index (χ0v) is 13.8. The van der Waals surface area contributed by atoms with Crippen molar-refractivity contribution >= 4 is 0 Å². The van der Waals surface area contributed by atoms with Crippen LogP contribution in [-0.2, 0) is 11.7 Å². The summed E-state index contributed by atoms with van der Waals surface area (Å²) < 4.78 is 11.4. The van der Waals surface area contributed by atoms with E-state index in [9.17, 15) is 5.11 Å².